The van der Waals surface area contributed by atoms with E-state index in [9.17, 15) is 4.79 Å². The Morgan fingerprint density at radius 1 is 1.04 bits per heavy atom. The lowest BCUT2D eigenvalue weighted by molar-refractivity contribution is 0.103. The second-order valence-electron chi connectivity index (χ2n) is 5.94. The summed E-state index contributed by atoms with van der Waals surface area (Å²) in [6.45, 7) is 0.793. The van der Waals surface area contributed by atoms with Gasteiger partial charge in [0.25, 0.3) is 0 Å². The largest absolute Gasteiger partial charge is 0.383 e. The van der Waals surface area contributed by atoms with Gasteiger partial charge in [-0.25, -0.2) is 0 Å². The first-order valence-electron chi connectivity index (χ1n) is 8.41. The van der Waals surface area contributed by atoms with Gasteiger partial charge in [0.2, 0.25) is 5.78 Å². The summed E-state index contributed by atoms with van der Waals surface area (Å²) in [7, 11) is 0. The van der Waals surface area contributed by atoms with Crippen LogP contribution in [0.25, 0.3) is 10.9 Å². The Kier molecular flexibility index (Phi) is 6.00. The highest BCUT2D eigenvalue weighted by molar-refractivity contribution is 6.31. The number of nitrogens with one attached hydrogen (secondary N) is 2. The molecule has 2 aromatic carbocycles. The number of alkyl halides is 1. The van der Waals surface area contributed by atoms with Gasteiger partial charge in [0.1, 0.15) is 5.69 Å². The first-order chi connectivity index (χ1) is 12.2. The van der Waals surface area contributed by atoms with E-state index in [4.69, 9.17) is 23.2 Å². The van der Waals surface area contributed by atoms with Crippen LogP contribution < -0.4 is 5.32 Å². The number of halogens is 2. The van der Waals surface area contributed by atoms with Crippen molar-refractivity contribution in [2.24, 2.45) is 0 Å². The molecular weight excluding hydrogens is 355 g/mol. The molecule has 0 bridgehead atoms. The SMILES string of the molecule is O=C(c1ccccc1)c1[nH]c2cc(Cl)ccc2c1NCCCCCCl. The van der Waals surface area contributed by atoms with E-state index < -0.39 is 0 Å². The van der Waals surface area contributed by atoms with Crippen LogP contribution in [0.1, 0.15) is 35.3 Å². The number of carbonyl (C=O) groups excluding carboxylic acids is 1. The molecule has 0 radical (unpaired) electrons. The predicted molar refractivity (Wildman–Crippen MR) is 106 cm³/mol. The molecule has 130 valence electrons. The van der Waals surface area contributed by atoms with E-state index in [0.29, 0.717) is 22.2 Å². The minimum Gasteiger partial charge on any atom is -0.383 e. The van der Waals surface area contributed by atoms with Gasteiger partial charge in [0, 0.05) is 33.9 Å². The van der Waals surface area contributed by atoms with Gasteiger partial charge in [-0.05, 0) is 31.0 Å². The molecule has 3 aromatic rings. The van der Waals surface area contributed by atoms with Crippen molar-refractivity contribution in [2.45, 2.75) is 19.3 Å². The van der Waals surface area contributed by atoms with Gasteiger partial charge in [0.05, 0.1) is 5.69 Å². The first-order valence-corrected chi connectivity index (χ1v) is 9.33. The molecule has 3 nitrogen and oxygen atoms in total. The van der Waals surface area contributed by atoms with Crippen molar-refractivity contribution < 1.29 is 4.79 Å². The number of rotatable bonds is 8. The van der Waals surface area contributed by atoms with E-state index in [0.717, 1.165) is 42.4 Å². The van der Waals surface area contributed by atoms with E-state index in [2.05, 4.69) is 10.3 Å². The monoisotopic (exact) mass is 374 g/mol. The third-order valence-corrected chi connectivity index (χ3v) is 4.64. The molecule has 1 heterocycles. The molecule has 0 amide bonds. The normalized spacial score (nSPS) is 11.0. The van der Waals surface area contributed by atoms with Gasteiger partial charge in [-0.3, -0.25) is 4.79 Å². The van der Waals surface area contributed by atoms with E-state index in [1.807, 2.05) is 48.5 Å². The van der Waals surface area contributed by atoms with Crippen molar-refractivity contribution in [1.82, 2.24) is 4.98 Å². The van der Waals surface area contributed by atoms with Crippen LogP contribution in [-0.4, -0.2) is 23.2 Å². The first kappa shape index (κ1) is 17.8. The molecule has 0 aliphatic heterocycles. The van der Waals surface area contributed by atoms with Crippen LogP contribution in [0.3, 0.4) is 0 Å². The number of anilines is 1. The quantitative estimate of drug-likeness (QED) is 0.294. The van der Waals surface area contributed by atoms with Crippen molar-refractivity contribution >= 4 is 45.6 Å². The summed E-state index contributed by atoms with van der Waals surface area (Å²) < 4.78 is 0. The zero-order chi connectivity index (χ0) is 17.6. The highest BCUT2D eigenvalue weighted by Gasteiger charge is 2.19. The number of hydrogen-bond donors (Lipinski definition) is 2. The molecule has 0 saturated carbocycles. The maximum Gasteiger partial charge on any atom is 0.211 e. The van der Waals surface area contributed by atoms with E-state index in [1.165, 1.54) is 0 Å². The van der Waals surface area contributed by atoms with Crippen molar-refractivity contribution in [2.75, 3.05) is 17.7 Å². The fourth-order valence-corrected chi connectivity index (χ4v) is 3.23. The number of ketones is 1. The number of fused-ring (bicyclic) bond motifs is 1. The number of hydrogen-bond acceptors (Lipinski definition) is 2. The topological polar surface area (TPSA) is 44.9 Å². The number of H-pyrrole nitrogens is 1. The van der Waals surface area contributed by atoms with Crippen molar-refractivity contribution in [1.29, 1.82) is 0 Å². The lowest BCUT2D eigenvalue weighted by Crippen LogP contribution is -2.08. The second kappa shape index (κ2) is 8.41. The standard InChI is InChI=1S/C20H20Cl2N2O/c21-11-5-2-6-12-23-18-16-10-9-15(22)13-17(16)24-19(18)20(25)14-7-3-1-4-8-14/h1,3-4,7-10,13,23-24H,2,5-6,11-12H2. The summed E-state index contributed by atoms with van der Waals surface area (Å²) >= 11 is 11.8. The molecular formula is C20H20Cl2N2O. The lowest BCUT2D eigenvalue weighted by Gasteiger charge is -2.08. The highest BCUT2D eigenvalue weighted by Crippen LogP contribution is 2.31. The van der Waals surface area contributed by atoms with Crippen LogP contribution in [0.15, 0.2) is 48.5 Å². The summed E-state index contributed by atoms with van der Waals surface area (Å²) in [5.41, 5.74) is 2.92. The number of carbonyl (C=O) groups is 1. The Balaban J connectivity index is 1.92. The molecule has 2 N–H and O–H groups in total. The van der Waals surface area contributed by atoms with Crippen LogP contribution in [0, 0.1) is 0 Å². The van der Waals surface area contributed by atoms with E-state index >= 15 is 0 Å². The zero-order valence-corrected chi connectivity index (χ0v) is 15.3. The molecule has 0 aliphatic carbocycles. The van der Waals surface area contributed by atoms with Crippen LogP contribution in [0.5, 0.6) is 0 Å². The third-order valence-electron chi connectivity index (χ3n) is 4.14. The maximum atomic E-state index is 12.9. The second-order valence-corrected chi connectivity index (χ2v) is 6.75. The van der Waals surface area contributed by atoms with Crippen molar-refractivity contribution in [3.8, 4) is 0 Å². The van der Waals surface area contributed by atoms with E-state index in [-0.39, 0.29) is 5.78 Å². The Hall–Kier alpha value is -1.97. The average Bonchev–Trinajstić information content (AvgIpc) is 2.99. The molecule has 25 heavy (non-hydrogen) atoms. The minimum absolute atomic E-state index is 0.0313. The molecule has 0 spiro atoms. The molecule has 0 saturated heterocycles. The van der Waals surface area contributed by atoms with Crippen molar-refractivity contribution in [3.05, 3.63) is 64.8 Å². The summed E-state index contributed by atoms with van der Waals surface area (Å²) in [6, 6.07) is 14.9. The molecule has 0 unspecified atom stereocenters. The van der Waals surface area contributed by atoms with Crippen LogP contribution >= 0.6 is 23.2 Å². The predicted octanol–water partition coefficient (Wildman–Crippen LogP) is 5.87. The van der Waals surface area contributed by atoms with Gasteiger partial charge < -0.3 is 10.3 Å². The number of aromatic amines is 1. The van der Waals surface area contributed by atoms with Gasteiger partial charge in [-0.15, -0.1) is 11.6 Å². The average molecular weight is 375 g/mol. The molecule has 0 atom stereocenters. The van der Waals surface area contributed by atoms with Gasteiger partial charge in [0.15, 0.2) is 0 Å². The lowest BCUT2D eigenvalue weighted by atomic mass is 10.1. The van der Waals surface area contributed by atoms with Crippen LogP contribution in [0.4, 0.5) is 5.69 Å². The Labute approximate surface area is 157 Å². The molecule has 3 rings (SSSR count). The van der Waals surface area contributed by atoms with Gasteiger partial charge in [-0.1, -0.05) is 48.4 Å². The van der Waals surface area contributed by atoms with Crippen LogP contribution in [-0.2, 0) is 0 Å². The Morgan fingerprint density at radius 3 is 2.60 bits per heavy atom. The van der Waals surface area contributed by atoms with Gasteiger partial charge >= 0.3 is 0 Å². The summed E-state index contributed by atoms with van der Waals surface area (Å²) in [6.07, 6.45) is 3.07. The maximum absolute atomic E-state index is 12.9. The molecule has 1 aromatic heterocycles. The highest BCUT2D eigenvalue weighted by atomic mass is 35.5. The van der Waals surface area contributed by atoms with Gasteiger partial charge in [-0.2, -0.15) is 0 Å². The zero-order valence-electron chi connectivity index (χ0n) is 13.8. The molecule has 0 aliphatic rings. The fraction of sp³-hybridized carbons (Fsp3) is 0.250. The number of benzene rings is 2. The number of aromatic nitrogens is 1. The summed E-state index contributed by atoms with van der Waals surface area (Å²) in [5, 5.41) is 5.04. The van der Waals surface area contributed by atoms with E-state index in [1.54, 1.807) is 0 Å². The third kappa shape index (κ3) is 4.17. The minimum atomic E-state index is -0.0313. The molecule has 5 heteroatoms. The fourth-order valence-electron chi connectivity index (χ4n) is 2.87. The van der Waals surface area contributed by atoms with Crippen molar-refractivity contribution in [3.63, 3.8) is 0 Å². The Bertz CT molecular complexity index is 859. The summed E-state index contributed by atoms with van der Waals surface area (Å²) in [5.74, 6) is 0.653. The summed E-state index contributed by atoms with van der Waals surface area (Å²) in [4.78, 5) is 16.2. The smallest absolute Gasteiger partial charge is 0.211 e. The molecule has 0 fully saturated rings. The van der Waals surface area contributed by atoms with Crippen LogP contribution in [0.2, 0.25) is 5.02 Å². The number of unbranched alkanes of at least 4 members (excludes halogenated alkanes) is 2. The Morgan fingerprint density at radius 2 is 1.84 bits per heavy atom.